The Balaban J connectivity index is 1.58. The van der Waals surface area contributed by atoms with Crippen LogP contribution in [0, 0.1) is 23.7 Å². The molecule has 0 aromatic heterocycles. The number of fused-ring (bicyclic) bond motifs is 2. The molecule has 2 bridgehead atoms. The van der Waals surface area contributed by atoms with E-state index in [1.165, 1.54) is 0 Å². The van der Waals surface area contributed by atoms with Gasteiger partial charge >= 0.3 is 0 Å². The Hall–Kier alpha value is -2.37. The minimum absolute atomic E-state index is 0.00587. The monoisotopic (exact) mass is 363 g/mol. The van der Waals surface area contributed by atoms with Crippen molar-refractivity contribution >= 4 is 11.6 Å². The number of methoxy groups -OCH3 is 1. The summed E-state index contributed by atoms with van der Waals surface area (Å²) in [5.74, 6) is 0.989. The van der Waals surface area contributed by atoms with Gasteiger partial charge in [-0.25, -0.2) is 0 Å². The summed E-state index contributed by atoms with van der Waals surface area (Å²) < 4.78 is 12.0. The van der Waals surface area contributed by atoms with E-state index in [-0.39, 0.29) is 35.7 Å². The molecule has 5 nitrogen and oxygen atoms in total. The topological polar surface area (TPSA) is 59.0 Å². The number of carbonyl (C=O) groups is 1. The molecule has 5 heteroatoms. The molecule has 2 aliphatic carbocycles. The second-order valence-electron chi connectivity index (χ2n) is 8.12. The number of carbonyl (C=O) groups excluding carboxylic acids is 1. The van der Waals surface area contributed by atoms with Gasteiger partial charge in [0, 0.05) is 17.2 Å². The normalized spacial score (nSPS) is 40.8. The summed E-state index contributed by atoms with van der Waals surface area (Å²) in [5.41, 5.74) is 0.953. The third-order valence-corrected chi connectivity index (χ3v) is 7.17. The third kappa shape index (κ3) is 1.70. The molecule has 2 aromatic rings. The maximum Gasteiger partial charge on any atom is 0.233 e. The van der Waals surface area contributed by atoms with Crippen LogP contribution in [-0.2, 0) is 15.3 Å². The Morgan fingerprint density at radius 3 is 2.56 bits per heavy atom. The summed E-state index contributed by atoms with van der Waals surface area (Å²) in [6, 6.07) is 17.6. The Morgan fingerprint density at radius 1 is 1.11 bits per heavy atom. The lowest BCUT2D eigenvalue weighted by Gasteiger charge is -2.39. The van der Waals surface area contributed by atoms with E-state index >= 15 is 0 Å². The van der Waals surface area contributed by atoms with Gasteiger partial charge in [0.15, 0.2) is 5.72 Å². The Morgan fingerprint density at radius 2 is 1.85 bits per heavy atom. The van der Waals surface area contributed by atoms with Crippen LogP contribution < -0.4 is 9.64 Å². The van der Waals surface area contributed by atoms with Crippen LogP contribution in [0.5, 0.6) is 5.75 Å². The number of aliphatic hydroxyl groups is 1. The van der Waals surface area contributed by atoms with Crippen molar-refractivity contribution in [3.05, 3.63) is 60.2 Å². The molecule has 4 aliphatic rings. The molecule has 7 unspecified atom stereocenters. The molecule has 138 valence electrons. The van der Waals surface area contributed by atoms with Crippen molar-refractivity contribution in [1.82, 2.24) is 0 Å². The predicted molar refractivity (Wildman–Crippen MR) is 98.1 cm³/mol. The second kappa shape index (κ2) is 5.12. The first-order valence-electron chi connectivity index (χ1n) is 9.56. The fourth-order valence-corrected chi connectivity index (χ4v) is 6.27. The highest BCUT2D eigenvalue weighted by Gasteiger charge is 2.79. The van der Waals surface area contributed by atoms with Gasteiger partial charge in [-0.15, -0.1) is 0 Å². The van der Waals surface area contributed by atoms with Crippen LogP contribution in [0.4, 0.5) is 5.69 Å². The second-order valence-corrected chi connectivity index (χ2v) is 8.12. The summed E-state index contributed by atoms with van der Waals surface area (Å²) in [5, 5.41) is 10.7. The van der Waals surface area contributed by atoms with E-state index in [0.717, 1.165) is 23.4 Å². The molecule has 2 aliphatic heterocycles. The smallest absolute Gasteiger partial charge is 0.233 e. The van der Waals surface area contributed by atoms with E-state index in [4.69, 9.17) is 9.47 Å². The summed E-state index contributed by atoms with van der Waals surface area (Å²) in [6.45, 7) is 0. The molecule has 2 saturated heterocycles. The van der Waals surface area contributed by atoms with Crippen LogP contribution in [0.2, 0.25) is 0 Å². The molecule has 1 N–H and O–H groups in total. The number of para-hydroxylation sites is 1. The number of hydrogen-bond donors (Lipinski definition) is 1. The van der Waals surface area contributed by atoms with Crippen LogP contribution in [0.3, 0.4) is 0 Å². The maximum absolute atomic E-state index is 13.6. The summed E-state index contributed by atoms with van der Waals surface area (Å²) in [4.78, 5) is 15.4. The first kappa shape index (κ1) is 15.7. The number of benzene rings is 2. The number of amides is 1. The zero-order valence-corrected chi connectivity index (χ0v) is 15.0. The summed E-state index contributed by atoms with van der Waals surface area (Å²) >= 11 is 0. The summed E-state index contributed by atoms with van der Waals surface area (Å²) in [6.07, 6.45) is 0.142. The van der Waals surface area contributed by atoms with Gasteiger partial charge in [-0.1, -0.05) is 30.3 Å². The first-order valence-corrected chi connectivity index (χ1v) is 9.56. The van der Waals surface area contributed by atoms with Crippen molar-refractivity contribution in [2.24, 2.45) is 23.7 Å². The van der Waals surface area contributed by atoms with Gasteiger partial charge in [0.1, 0.15) is 5.75 Å². The number of nitrogens with zero attached hydrogens (tertiary/aromatic N) is 1. The number of aliphatic hydroxyl groups excluding tert-OH is 1. The van der Waals surface area contributed by atoms with Crippen LogP contribution in [0.15, 0.2) is 54.6 Å². The number of rotatable bonds is 3. The third-order valence-electron chi connectivity index (χ3n) is 7.17. The molecule has 6 rings (SSSR count). The van der Waals surface area contributed by atoms with E-state index in [2.05, 4.69) is 0 Å². The zero-order chi connectivity index (χ0) is 18.3. The lowest BCUT2D eigenvalue weighted by atomic mass is 9.75. The predicted octanol–water partition coefficient (Wildman–Crippen LogP) is 2.54. The largest absolute Gasteiger partial charge is 0.497 e. The van der Waals surface area contributed by atoms with Crippen molar-refractivity contribution in [1.29, 1.82) is 0 Å². The van der Waals surface area contributed by atoms with Gasteiger partial charge in [-0.3, -0.25) is 9.69 Å². The fourth-order valence-electron chi connectivity index (χ4n) is 6.27. The van der Waals surface area contributed by atoms with Crippen LogP contribution >= 0.6 is 0 Å². The molecule has 7 atom stereocenters. The average molecular weight is 363 g/mol. The van der Waals surface area contributed by atoms with Gasteiger partial charge in [0.2, 0.25) is 5.91 Å². The van der Waals surface area contributed by atoms with Gasteiger partial charge in [-0.2, -0.15) is 0 Å². The lowest BCUT2D eigenvalue weighted by molar-refractivity contribution is -0.133. The Kier molecular flexibility index (Phi) is 2.97. The van der Waals surface area contributed by atoms with Crippen molar-refractivity contribution in [3.8, 4) is 5.75 Å². The van der Waals surface area contributed by atoms with Crippen molar-refractivity contribution < 1.29 is 19.4 Å². The van der Waals surface area contributed by atoms with Crippen LogP contribution in [-0.4, -0.2) is 30.3 Å². The molecule has 2 aromatic carbocycles. The molecule has 27 heavy (non-hydrogen) atoms. The molecule has 2 saturated carbocycles. The molecular formula is C22H21NO4. The van der Waals surface area contributed by atoms with E-state index < -0.39 is 11.8 Å². The van der Waals surface area contributed by atoms with Gasteiger partial charge in [0.05, 0.1) is 25.2 Å². The SMILES string of the molecule is COc1ccc(C23OC4C(O)C5CC4C2C5C(=O)N3c2ccccc2)cc1. The van der Waals surface area contributed by atoms with E-state index in [9.17, 15) is 9.90 Å². The number of anilines is 1. The van der Waals surface area contributed by atoms with Crippen LogP contribution in [0.25, 0.3) is 0 Å². The molecule has 0 spiro atoms. The maximum atomic E-state index is 13.6. The lowest BCUT2D eigenvalue weighted by Crippen LogP contribution is -2.49. The van der Waals surface area contributed by atoms with Crippen molar-refractivity contribution in [3.63, 3.8) is 0 Å². The standard InChI is InChI=1S/C22H21NO4/c1-26-14-9-7-12(8-10-14)22-18-16-11-15(19(24)20(16)27-22)17(18)21(25)23(22)13-5-3-2-4-6-13/h2-10,15-20,24H,11H2,1H3. The van der Waals surface area contributed by atoms with Crippen LogP contribution in [0.1, 0.15) is 12.0 Å². The first-order chi connectivity index (χ1) is 13.2. The number of hydrogen-bond acceptors (Lipinski definition) is 4. The number of ether oxygens (including phenoxy) is 2. The fraction of sp³-hybridized carbons (Fsp3) is 0.409. The zero-order valence-electron chi connectivity index (χ0n) is 15.0. The average Bonchev–Trinajstić information content (AvgIpc) is 3.38. The minimum atomic E-state index is -0.850. The quantitative estimate of drug-likeness (QED) is 0.911. The molecule has 1 amide bonds. The molecule has 0 radical (unpaired) electrons. The van der Waals surface area contributed by atoms with E-state index in [0.29, 0.717) is 0 Å². The van der Waals surface area contributed by atoms with Crippen molar-refractivity contribution in [2.45, 2.75) is 24.4 Å². The van der Waals surface area contributed by atoms with Gasteiger partial charge < -0.3 is 14.6 Å². The minimum Gasteiger partial charge on any atom is -0.497 e. The molecule has 2 heterocycles. The summed E-state index contributed by atoms with van der Waals surface area (Å²) in [7, 11) is 1.64. The highest BCUT2D eigenvalue weighted by atomic mass is 16.6. The van der Waals surface area contributed by atoms with Gasteiger partial charge in [-0.05, 0) is 42.5 Å². The highest BCUT2D eigenvalue weighted by molar-refractivity contribution is 6.00. The molecule has 4 fully saturated rings. The Bertz CT molecular complexity index is 914. The Labute approximate surface area is 157 Å². The van der Waals surface area contributed by atoms with Crippen molar-refractivity contribution in [2.75, 3.05) is 12.0 Å². The van der Waals surface area contributed by atoms with E-state index in [1.54, 1.807) is 7.11 Å². The van der Waals surface area contributed by atoms with E-state index in [1.807, 2.05) is 59.5 Å². The molecular weight excluding hydrogens is 342 g/mol. The van der Waals surface area contributed by atoms with Gasteiger partial charge in [0.25, 0.3) is 0 Å². The highest BCUT2D eigenvalue weighted by Crippen LogP contribution is 2.70.